The van der Waals surface area contributed by atoms with E-state index in [1.165, 1.54) is 23.2 Å². The zero-order chi connectivity index (χ0) is 15.2. The van der Waals surface area contributed by atoms with Gasteiger partial charge in [-0.25, -0.2) is 0 Å². The number of morpholine rings is 1. The summed E-state index contributed by atoms with van der Waals surface area (Å²) >= 11 is 0. The molecule has 0 aliphatic carbocycles. The van der Waals surface area contributed by atoms with Gasteiger partial charge in [0.05, 0.1) is 13.7 Å². The van der Waals surface area contributed by atoms with Crippen molar-refractivity contribution in [3.05, 3.63) is 41.7 Å². The van der Waals surface area contributed by atoms with Gasteiger partial charge in [0.15, 0.2) is 0 Å². The Bertz CT molecular complexity index is 571. The van der Waals surface area contributed by atoms with Gasteiger partial charge in [-0.1, -0.05) is 30.3 Å². The number of hydrogen-bond donors (Lipinski definition) is 0. The predicted molar refractivity (Wildman–Crippen MR) is 83.3 cm³/mol. The molecule has 0 spiro atoms. The molecule has 6 nitrogen and oxygen atoms in total. The molecule has 0 amide bonds. The van der Waals surface area contributed by atoms with Gasteiger partial charge in [-0.05, 0) is 36.6 Å². The average Bonchev–Trinajstić information content (AvgIpc) is 3.00. The van der Waals surface area contributed by atoms with Gasteiger partial charge in [-0.15, -0.1) is 10.2 Å². The minimum atomic E-state index is -0.0448. The summed E-state index contributed by atoms with van der Waals surface area (Å²) in [5.41, 5.74) is 1.42. The van der Waals surface area contributed by atoms with Gasteiger partial charge in [0.25, 0.3) is 0 Å². The largest absolute Gasteiger partial charge is 0.367 e. The Balaban J connectivity index is 1.41. The fraction of sp³-hybridized carbons (Fsp3) is 0.562. The monoisotopic (exact) mass is 301 g/mol. The Hall–Kier alpha value is -1.79. The molecule has 1 aromatic heterocycles. The van der Waals surface area contributed by atoms with E-state index in [-0.39, 0.29) is 6.10 Å². The summed E-state index contributed by atoms with van der Waals surface area (Å²) in [6, 6.07) is 10.7. The Morgan fingerprint density at radius 2 is 2.09 bits per heavy atom. The highest BCUT2D eigenvalue weighted by Gasteiger charge is 2.25. The number of rotatable bonds is 6. The van der Waals surface area contributed by atoms with Crippen LogP contribution in [-0.2, 0) is 18.2 Å². The number of unbranched alkanes of at least 4 members (excludes halogenated alkanes) is 1. The number of nitrogens with zero attached hydrogens (tertiary/aromatic N) is 5. The first-order chi connectivity index (χ1) is 10.8. The van der Waals surface area contributed by atoms with Gasteiger partial charge in [0.2, 0.25) is 5.82 Å². The Morgan fingerprint density at radius 1 is 1.23 bits per heavy atom. The summed E-state index contributed by atoms with van der Waals surface area (Å²) in [5.74, 6) is 0.691. The molecule has 1 aliphatic heterocycles. The van der Waals surface area contributed by atoms with Crippen LogP contribution in [0.1, 0.15) is 30.3 Å². The third kappa shape index (κ3) is 4.11. The number of aromatic nitrogens is 4. The quantitative estimate of drug-likeness (QED) is 0.759. The zero-order valence-electron chi connectivity index (χ0n) is 13.1. The highest BCUT2D eigenvalue weighted by Crippen LogP contribution is 2.18. The maximum Gasteiger partial charge on any atom is 0.204 e. The first kappa shape index (κ1) is 15.1. The number of tetrazole rings is 1. The molecule has 6 heteroatoms. The molecule has 1 aliphatic rings. The number of aryl methyl sites for hydroxylation is 2. The highest BCUT2D eigenvalue weighted by atomic mass is 16.5. The molecule has 1 atom stereocenters. The van der Waals surface area contributed by atoms with E-state index in [4.69, 9.17) is 4.74 Å². The van der Waals surface area contributed by atoms with Crippen LogP contribution in [0.5, 0.6) is 0 Å². The van der Waals surface area contributed by atoms with Gasteiger partial charge < -0.3 is 4.74 Å². The smallest absolute Gasteiger partial charge is 0.204 e. The molecule has 1 aromatic carbocycles. The first-order valence-corrected chi connectivity index (χ1v) is 7.93. The number of benzene rings is 1. The van der Waals surface area contributed by atoms with Crippen molar-refractivity contribution < 1.29 is 4.74 Å². The summed E-state index contributed by atoms with van der Waals surface area (Å²) in [6.45, 7) is 3.69. The summed E-state index contributed by atoms with van der Waals surface area (Å²) < 4.78 is 5.76. The Morgan fingerprint density at radius 3 is 2.86 bits per heavy atom. The normalized spacial score (nSPS) is 19.4. The SMILES string of the molecule is Cn1nnc(C2CN(CCCCc3ccccc3)CCO2)n1. The maximum atomic E-state index is 5.76. The topological polar surface area (TPSA) is 56.1 Å². The van der Waals surface area contributed by atoms with Gasteiger partial charge in [-0.3, -0.25) is 4.90 Å². The van der Waals surface area contributed by atoms with E-state index < -0.39 is 0 Å². The lowest BCUT2D eigenvalue weighted by Gasteiger charge is -2.31. The molecule has 22 heavy (non-hydrogen) atoms. The van der Waals surface area contributed by atoms with Crippen LogP contribution in [-0.4, -0.2) is 51.3 Å². The number of hydrogen-bond acceptors (Lipinski definition) is 5. The van der Waals surface area contributed by atoms with Crippen LogP contribution in [0.4, 0.5) is 0 Å². The zero-order valence-corrected chi connectivity index (χ0v) is 13.1. The molecule has 0 bridgehead atoms. The lowest BCUT2D eigenvalue weighted by atomic mass is 10.1. The maximum absolute atomic E-state index is 5.76. The van der Waals surface area contributed by atoms with Crippen molar-refractivity contribution in [1.82, 2.24) is 25.1 Å². The molecule has 118 valence electrons. The summed E-state index contributed by atoms with van der Waals surface area (Å²) in [7, 11) is 1.78. The summed E-state index contributed by atoms with van der Waals surface area (Å²) in [5, 5.41) is 12.2. The van der Waals surface area contributed by atoms with Crippen LogP contribution < -0.4 is 0 Å². The molecule has 1 saturated heterocycles. The van der Waals surface area contributed by atoms with Gasteiger partial charge in [0.1, 0.15) is 6.10 Å². The lowest BCUT2D eigenvalue weighted by molar-refractivity contribution is -0.0347. The standard InChI is InChI=1S/C16H23N5O/c1-20-18-16(17-19-20)15-13-21(11-12-22-15)10-6-5-9-14-7-3-2-4-8-14/h2-4,7-8,15H,5-6,9-13H2,1H3. The van der Waals surface area contributed by atoms with Crippen molar-refractivity contribution in [3.8, 4) is 0 Å². The van der Waals surface area contributed by atoms with Crippen LogP contribution in [0.2, 0.25) is 0 Å². The predicted octanol–water partition coefficient (Wildman–Crippen LogP) is 1.61. The molecule has 0 saturated carbocycles. The van der Waals surface area contributed by atoms with Crippen molar-refractivity contribution in [1.29, 1.82) is 0 Å². The second-order valence-electron chi connectivity index (χ2n) is 5.74. The minimum Gasteiger partial charge on any atom is -0.367 e. The molecule has 1 unspecified atom stereocenters. The van der Waals surface area contributed by atoms with E-state index in [0.717, 1.165) is 32.7 Å². The molecule has 1 fully saturated rings. The van der Waals surface area contributed by atoms with Crippen molar-refractivity contribution in [2.75, 3.05) is 26.2 Å². The third-order valence-corrected chi connectivity index (χ3v) is 3.99. The summed E-state index contributed by atoms with van der Waals surface area (Å²) in [6.07, 6.45) is 3.53. The van der Waals surface area contributed by atoms with E-state index in [1.54, 1.807) is 7.05 Å². The van der Waals surface area contributed by atoms with Gasteiger partial charge in [0, 0.05) is 13.1 Å². The second kappa shape index (κ2) is 7.47. The van der Waals surface area contributed by atoms with Crippen LogP contribution in [0, 0.1) is 0 Å². The third-order valence-electron chi connectivity index (χ3n) is 3.99. The number of ether oxygens (including phenoxy) is 1. The average molecular weight is 301 g/mol. The van der Waals surface area contributed by atoms with Crippen molar-refractivity contribution in [3.63, 3.8) is 0 Å². The van der Waals surface area contributed by atoms with Crippen LogP contribution in [0.25, 0.3) is 0 Å². The molecule has 2 aromatic rings. The fourth-order valence-electron chi connectivity index (χ4n) is 2.80. The van der Waals surface area contributed by atoms with Gasteiger partial charge in [-0.2, -0.15) is 4.80 Å². The second-order valence-corrected chi connectivity index (χ2v) is 5.74. The van der Waals surface area contributed by atoms with E-state index >= 15 is 0 Å². The molecule has 0 N–H and O–H groups in total. The molecular formula is C16H23N5O. The van der Waals surface area contributed by atoms with Crippen LogP contribution >= 0.6 is 0 Å². The molecule has 2 heterocycles. The molecular weight excluding hydrogens is 278 g/mol. The molecule has 0 radical (unpaired) electrons. The Labute approximate surface area is 131 Å². The van der Waals surface area contributed by atoms with Gasteiger partial charge >= 0.3 is 0 Å². The van der Waals surface area contributed by atoms with E-state index in [0.29, 0.717) is 5.82 Å². The van der Waals surface area contributed by atoms with Crippen molar-refractivity contribution in [2.45, 2.75) is 25.4 Å². The molecule has 3 rings (SSSR count). The lowest BCUT2D eigenvalue weighted by Crippen LogP contribution is -2.39. The highest BCUT2D eigenvalue weighted by molar-refractivity contribution is 5.14. The first-order valence-electron chi connectivity index (χ1n) is 7.93. The van der Waals surface area contributed by atoms with Crippen LogP contribution in [0.3, 0.4) is 0 Å². The fourth-order valence-corrected chi connectivity index (χ4v) is 2.80. The summed E-state index contributed by atoms with van der Waals surface area (Å²) in [4.78, 5) is 3.92. The van der Waals surface area contributed by atoms with Crippen molar-refractivity contribution in [2.24, 2.45) is 7.05 Å². The Kier molecular flexibility index (Phi) is 5.13. The van der Waals surface area contributed by atoms with E-state index in [9.17, 15) is 0 Å². The van der Waals surface area contributed by atoms with E-state index in [1.807, 2.05) is 0 Å². The van der Waals surface area contributed by atoms with Crippen LogP contribution in [0.15, 0.2) is 30.3 Å². The van der Waals surface area contributed by atoms with Crippen molar-refractivity contribution >= 4 is 0 Å². The van der Waals surface area contributed by atoms with E-state index in [2.05, 4.69) is 50.6 Å². The minimum absolute atomic E-state index is 0.0448.